The maximum Gasteiger partial charge on any atom is 0.293 e. The van der Waals surface area contributed by atoms with Gasteiger partial charge in [0.25, 0.3) is 5.91 Å². The Morgan fingerprint density at radius 1 is 1.53 bits per heavy atom. The fourth-order valence-electron chi connectivity index (χ4n) is 1.04. The van der Waals surface area contributed by atoms with E-state index in [4.69, 9.17) is 10.2 Å². The number of hydrogen-bond acceptors (Lipinski definition) is 5. The molecule has 1 aromatic heterocycles. The maximum absolute atomic E-state index is 11.4. The van der Waals surface area contributed by atoms with Crippen molar-refractivity contribution >= 4 is 23.6 Å². The minimum Gasteiger partial charge on any atom is -0.459 e. The lowest BCUT2D eigenvalue weighted by Crippen LogP contribution is -2.36. The Morgan fingerprint density at radius 2 is 2.24 bits per heavy atom. The summed E-state index contributed by atoms with van der Waals surface area (Å²) in [5, 5.41) is 2.24. The summed E-state index contributed by atoms with van der Waals surface area (Å²) in [5.74, 6) is 0.110. The van der Waals surface area contributed by atoms with Crippen LogP contribution in [0.25, 0.3) is 0 Å². The molecule has 0 atom stereocenters. The van der Waals surface area contributed by atoms with Crippen molar-refractivity contribution in [1.82, 2.24) is 5.32 Å². The first-order chi connectivity index (χ1) is 7.88. The Bertz CT molecular complexity index is 382. The van der Waals surface area contributed by atoms with Crippen molar-refractivity contribution in [3.05, 3.63) is 24.2 Å². The second kappa shape index (κ2) is 5.88. The van der Waals surface area contributed by atoms with Crippen molar-refractivity contribution in [2.75, 3.05) is 11.5 Å². The molecule has 5 nitrogen and oxygen atoms in total. The summed E-state index contributed by atoms with van der Waals surface area (Å²) in [6.07, 6.45) is 1.38. The first-order valence-electron chi connectivity index (χ1n) is 5.13. The standard InChI is InChI=1S/C11H16N2O3S/c1-11(2,12)7-17-6-9(14)13-10(15)8-4-3-5-16-8/h3-5H,6-7,12H2,1-2H3,(H,13,14,15). The Balaban J connectivity index is 2.28. The van der Waals surface area contributed by atoms with Gasteiger partial charge >= 0.3 is 0 Å². The van der Waals surface area contributed by atoms with Crippen LogP contribution in [0.1, 0.15) is 24.4 Å². The van der Waals surface area contributed by atoms with Crippen molar-refractivity contribution in [3.8, 4) is 0 Å². The molecule has 0 aliphatic carbocycles. The fraction of sp³-hybridized carbons (Fsp3) is 0.455. The van der Waals surface area contributed by atoms with Crippen LogP contribution in [0.2, 0.25) is 0 Å². The molecule has 0 radical (unpaired) electrons. The van der Waals surface area contributed by atoms with Gasteiger partial charge in [0.15, 0.2) is 5.76 Å². The molecule has 2 amide bonds. The molecule has 0 saturated heterocycles. The van der Waals surface area contributed by atoms with Crippen LogP contribution in [0, 0.1) is 0 Å². The van der Waals surface area contributed by atoms with Crippen molar-refractivity contribution in [2.24, 2.45) is 5.73 Å². The smallest absolute Gasteiger partial charge is 0.293 e. The number of hydrogen-bond donors (Lipinski definition) is 2. The summed E-state index contributed by atoms with van der Waals surface area (Å²) in [7, 11) is 0. The van der Waals surface area contributed by atoms with E-state index in [0.29, 0.717) is 5.75 Å². The molecule has 0 bridgehead atoms. The van der Waals surface area contributed by atoms with Crippen LogP contribution >= 0.6 is 11.8 Å². The lowest BCUT2D eigenvalue weighted by molar-refractivity contribution is -0.117. The normalized spacial score (nSPS) is 11.2. The monoisotopic (exact) mass is 256 g/mol. The number of nitrogens with one attached hydrogen (secondary N) is 1. The molecule has 0 aliphatic heterocycles. The molecule has 0 saturated carbocycles. The summed E-state index contributed by atoms with van der Waals surface area (Å²) in [6.45, 7) is 3.76. The summed E-state index contributed by atoms with van der Waals surface area (Å²) in [4.78, 5) is 22.8. The second-order valence-corrected chi connectivity index (χ2v) is 5.32. The van der Waals surface area contributed by atoms with E-state index in [9.17, 15) is 9.59 Å². The zero-order valence-electron chi connectivity index (χ0n) is 9.86. The fourth-order valence-corrected chi connectivity index (χ4v) is 1.92. The van der Waals surface area contributed by atoms with Gasteiger partial charge < -0.3 is 10.2 Å². The molecule has 0 aromatic carbocycles. The number of carbonyl (C=O) groups is 2. The number of amides is 2. The van der Waals surface area contributed by atoms with E-state index >= 15 is 0 Å². The van der Waals surface area contributed by atoms with E-state index in [2.05, 4.69) is 5.32 Å². The molecule has 17 heavy (non-hydrogen) atoms. The highest BCUT2D eigenvalue weighted by molar-refractivity contribution is 8.00. The molecule has 0 aliphatic rings. The largest absolute Gasteiger partial charge is 0.459 e. The predicted molar refractivity (Wildman–Crippen MR) is 66.8 cm³/mol. The molecule has 94 valence electrons. The number of rotatable bonds is 5. The Hall–Kier alpha value is -1.27. The van der Waals surface area contributed by atoms with Gasteiger partial charge in [-0.1, -0.05) is 0 Å². The number of imide groups is 1. The van der Waals surface area contributed by atoms with Crippen LogP contribution in [0.15, 0.2) is 22.8 Å². The Kier molecular flexibility index (Phi) is 4.77. The Morgan fingerprint density at radius 3 is 2.76 bits per heavy atom. The van der Waals surface area contributed by atoms with Crippen molar-refractivity contribution in [1.29, 1.82) is 0 Å². The third-order valence-electron chi connectivity index (χ3n) is 1.71. The van der Waals surface area contributed by atoms with Gasteiger partial charge in [-0.25, -0.2) is 0 Å². The third-order valence-corrected chi connectivity index (χ3v) is 3.12. The first-order valence-corrected chi connectivity index (χ1v) is 6.28. The molecule has 0 spiro atoms. The van der Waals surface area contributed by atoms with Gasteiger partial charge in [0.2, 0.25) is 5.91 Å². The van der Waals surface area contributed by atoms with Crippen LogP contribution < -0.4 is 11.1 Å². The number of furan rings is 1. The van der Waals surface area contributed by atoms with E-state index in [1.165, 1.54) is 24.1 Å². The zero-order chi connectivity index (χ0) is 12.9. The lowest BCUT2D eigenvalue weighted by Gasteiger charge is -2.16. The van der Waals surface area contributed by atoms with Crippen molar-refractivity contribution in [2.45, 2.75) is 19.4 Å². The van der Waals surface area contributed by atoms with E-state index in [1.807, 2.05) is 13.8 Å². The van der Waals surface area contributed by atoms with Gasteiger partial charge in [0.05, 0.1) is 12.0 Å². The molecular weight excluding hydrogens is 240 g/mol. The quantitative estimate of drug-likeness (QED) is 0.821. The van der Waals surface area contributed by atoms with Crippen molar-refractivity contribution in [3.63, 3.8) is 0 Å². The molecule has 1 aromatic rings. The minimum absolute atomic E-state index is 0.127. The molecular formula is C11H16N2O3S. The van der Waals surface area contributed by atoms with Crippen LogP contribution in [0.5, 0.6) is 0 Å². The summed E-state index contributed by atoms with van der Waals surface area (Å²) in [6, 6.07) is 3.09. The van der Waals surface area contributed by atoms with Gasteiger partial charge in [-0.3, -0.25) is 14.9 Å². The van der Waals surface area contributed by atoms with Crippen LogP contribution in [-0.4, -0.2) is 28.9 Å². The number of carbonyl (C=O) groups excluding carboxylic acids is 2. The Labute approximate surface area is 104 Å². The van der Waals surface area contributed by atoms with Gasteiger partial charge in [-0.05, 0) is 26.0 Å². The van der Waals surface area contributed by atoms with Gasteiger partial charge in [0.1, 0.15) is 0 Å². The van der Waals surface area contributed by atoms with Gasteiger partial charge in [-0.15, -0.1) is 0 Å². The van der Waals surface area contributed by atoms with Gasteiger partial charge in [-0.2, -0.15) is 11.8 Å². The average Bonchev–Trinajstić information content (AvgIpc) is 2.67. The minimum atomic E-state index is -0.521. The topological polar surface area (TPSA) is 85.3 Å². The summed E-state index contributed by atoms with van der Waals surface area (Å²) < 4.78 is 4.86. The highest BCUT2D eigenvalue weighted by atomic mass is 32.2. The SMILES string of the molecule is CC(C)(N)CSCC(=O)NC(=O)c1ccco1. The van der Waals surface area contributed by atoms with Crippen LogP contribution in [0.3, 0.4) is 0 Å². The summed E-state index contributed by atoms with van der Waals surface area (Å²) >= 11 is 1.39. The molecule has 0 unspecified atom stereocenters. The number of nitrogens with two attached hydrogens (primary N) is 1. The average molecular weight is 256 g/mol. The van der Waals surface area contributed by atoms with Crippen LogP contribution in [0.4, 0.5) is 0 Å². The maximum atomic E-state index is 11.4. The second-order valence-electron chi connectivity index (χ2n) is 4.34. The van der Waals surface area contributed by atoms with Crippen molar-refractivity contribution < 1.29 is 14.0 Å². The van der Waals surface area contributed by atoms with E-state index in [1.54, 1.807) is 6.07 Å². The highest BCUT2D eigenvalue weighted by Crippen LogP contribution is 2.09. The first kappa shape index (κ1) is 13.8. The highest BCUT2D eigenvalue weighted by Gasteiger charge is 2.15. The predicted octanol–water partition coefficient (Wildman–Crippen LogP) is 1.01. The van der Waals surface area contributed by atoms with E-state index < -0.39 is 5.91 Å². The van der Waals surface area contributed by atoms with Gasteiger partial charge in [0, 0.05) is 11.3 Å². The van der Waals surface area contributed by atoms with E-state index in [0.717, 1.165) is 0 Å². The summed E-state index contributed by atoms with van der Waals surface area (Å²) in [5.41, 5.74) is 5.44. The molecule has 6 heteroatoms. The lowest BCUT2D eigenvalue weighted by atomic mass is 10.1. The molecule has 0 fully saturated rings. The third kappa shape index (κ3) is 5.55. The zero-order valence-corrected chi connectivity index (χ0v) is 10.7. The number of thioether (sulfide) groups is 1. The van der Waals surface area contributed by atoms with Crippen LogP contribution in [-0.2, 0) is 4.79 Å². The molecule has 1 heterocycles. The molecule has 1 rings (SSSR count). The van der Waals surface area contributed by atoms with E-state index in [-0.39, 0.29) is 23.0 Å². The molecule has 3 N–H and O–H groups in total.